The number of rotatable bonds is 3. The highest BCUT2D eigenvalue weighted by Crippen LogP contribution is 2.24. The van der Waals surface area contributed by atoms with Gasteiger partial charge in [0.1, 0.15) is 0 Å². The van der Waals surface area contributed by atoms with Gasteiger partial charge in [-0.2, -0.15) is 0 Å². The van der Waals surface area contributed by atoms with E-state index in [0.29, 0.717) is 0 Å². The maximum Gasteiger partial charge on any atom is 0.0528 e. The molecule has 0 saturated heterocycles. The maximum absolute atomic E-state index is 3.98. The lowest BCUT2D eigenvalue weighted by Crippen LogP contribution is -2.17. The summed E-state index contributed by atoms with van der Waals surface area (Å²) < 4.78 is 1.15. The maximum atomic E-state index is 3.98. The van der Waals surface area contributed by atoms with Crippen LogP contribution < -0.4 is 5.32 Å². The summed E-state index contributed by atoms with van der Waals surface area (Å²) in [5, 5.41) is 3.25. The van der Waals surface area contributed by atoms with Gasteiger partial charge in [-0.25, -0.2) is 0 Å². The standard InChI is InChI=1S/C12H16BrN/c1-8(2)12(14-4)10-5-6-11(13)9(3)7-10/h5-7,12,14H,1H2,2-4H3. The summed E-state index contributed by atoms with van der Waals surface area (Å²) in [7, 11) is 1.96. The van der Waals surface area contributed by atoms with Gasteiger partial charge in [0, 0.05) is 4.47 Å². The van der Waals surface area contributed by atoms with Gasteiger partial charge in [0.15, 0.2) is 0 Å². The van der Waals surface area contributed by atoms with Gasteiger partial charge < -0.3 is 5.32 Å². The van der Waals surface area contributed by atoms with E-state index < -0.39 is 0 Å². The molecular weight excluding hydrogens is 238 g/mol. The monoisotopic (exact) mass is 253 g/mol. The Balaban J connectivity index is 3.06. The van der Waals surface area contributed by atoms with E-state index in [9.17, 15) is 0 Å². The quantitative estimate of drug-likeness (QED) is 0.813. The van der Waals surface area contributed by atoms with Gasteiger partial charge in [-0.05, 0) is 38.1 Å². The molecule has 0 aliphatic rings. The molecule has 0 heterocycles. The number of benzene rings is 1. The number of likely N-dealkylation sites (N-methyl/N-ethyl adjacent to an activating group) is 1. The van der Waals surface area contributed by atoms with E-state index in [0.717, 1.165) is 10.0 Å². The van der Waals surface area contributed by atoms with E-state index in [1.54, 1.807) is 0 Å². The van der Waals surface area contributed by atoms with Crippen LogP contribution in [-0.2, 0) is 0 Å². The Morgan fingerprint density at radius 3 is 2.57 bits per heavy atom. The van der Waals surface area contributed by atoms with Crippen molar-refractivity contribution in [2.45, 2.75) is 19.9 Å². The number of halogens is 1. The van der Waals surface area contributed by atoms with Crippen LogP contribution in [-0.4, -0.2) is 7.05 Å². The van der Waals surface area contributed by atoms with Crippen molar-refractivity contribution in [3.05, 3.63) is 46.0 Å². The van der Waals surface area contributed by atoms with E-state index >= 15 is 0 Å². The van der Waals surface area contributed by atoms with E-state index in [1.165, 1.54) is 11.1 Å². The molecule has 0 spiro atoms. The fraction of sp³-hybridized carbons (Fsp3) is 0.333. The van der Waals surface area contributed by atoms with Gasteiger partial charge in [0.2, 0.25) is 0 Å². The van der Waals surface area contributed by atoms with Crippen molar-refractivity contribution < 1.29 is 0 Å². The van der Waals surface area contributed by atoms with Crippen LogP contribution in [0, 0.1) is 6.92 Å². The Morgan fingerprint density at radius 2 is 2.14 bits per heavy atom. The van der Waals surface area contributed by atoms with Gasteiger partial charge in [-0.3, -0.25) is 0 Å². The van der Waals surface area contributed by atoms with Crippen molar-refractivity contribution in [3.63, 3.8) is 0 Å². The van der Waals surface area contributed by atoms with Gasteiger partial charge in [-0.1, -0.05) is 40.2 Å². The van der Waals surface area contributed by atoms with Crippen LogP contribution in [0.1, 0.15) is 24.1 Å². The smallest absolute Gasteiger partial charge is 0.0528 e. The van der Waals surface area contributed by atoms with E-state index in [1.807, 2.05) is 14.0 Å². The first-order valence-corrected chi connectivity index (χ1v) is 5.44. The summed E-state index contributed by atoms with van der Waals surface area (Å²) in [6.07, 6.45) is 0. The van der Waals surface area contributed by atoms with Gasteiger partial charge >= 0.3 is 0 Å². The van der Waals surface area contributed by atoms with Gasteiger partial charge in [0.25, 0.3) is 0 Å². The summed E-state index contributed by atoms with van der Waals surface area (Å²) in [4.78, 5) is 0. The van der Waals surface area contributed by atoms with Crippen LogP contribution in [0.15, 0.2) is 34.8 Å². The lowest BCUT2D eigenvalue weighted by molar-refractivity contribution is 0.679. The van der Waals surface area contributed by atoms with Crippen LogP contribution >= 0.6 is 15.9 Å². The Bertz CT molecular complexity index is 344. The molecule has 0 aliphatic heterocycles. The predicted molar refractivity (Wildman–Crippen MR) is 65.5 cm³/mol. The second-order valence-corrected chi connectivity index (χ2v) is 4.43. The van der Waals surface area contributed by atoms with Crippen molar-refractivity contribution >= 4 is 15.9 Å². The van der Waals surface area contributed by atoms with Crippen molar-refractivity contribution in [2.75, 3.05) is 7.05 Å². The summed E-state index contributed by atoms with van der Waals surface area (Å²) in [5.41, 5.74) is 3.65. The zero-order chi connectivity index (χ0) is 10.7. The second-order valence-electron chi connectivity index (χ2n) is 3.58. The number of hydrogen-bond acceptors (Lipinski definition) is 1. The van der Waals surface area contributed by atoms with Crippen molar-refractivity contribution in [2.24, 2.45) is 0 Å². The van der Waals surface area contributed by atoms with Crippen LogP contribution in [0.4, 0.5) is 0 Å². The van der Waals surface area contributed by atoms with Crippen molar-refractivity contribution in [3.8, 4) is 0 Å². The van der Waals surface area contributed by atoms with Crippen LogP contribution in [0.2, 0.25) is 0 Å². The summed E-state index contributed by atoms with van der Waals surface area (Å²) in [6.45, 7) is 8.12. The minimum absolute atomic E-state index is 0.252. The molecule has 14 heavy (non-hydrogen) atoms. The minimum atomic E-state index is 0.252. The van der Waals surface area contributed by atoms with Crippen molar-refractivity contribution in [1.82, 2.24) is 5.32 Å². The molecule has 1 nitrogen and oxygen atoms in total. The molecule has 0 radical (unpaired) electrons. The largest absolute Gasteiger partial charge is 0.310 e. The van der Waals surface area contributed by atoms with Crippen LogP contribution in [0.3, 0.4) is 0 Å². The number of nitrogens with one attached hydrogen (secondary N) is 1. The molecule has 0 aliphatic carbocycles. The molecule has 1 atom stereocenters. The van der Waals surface area contributed by atoms with E-state index in [-0.39, 0.29) is 6.04 Å². The second kappa shape index (κ2) is 4.76. The topological polar surface area (TPSA) is 12.0 Å². The molecule has 76 valence electrons. The molecule has 1 rings (SSSR count). The third-order valence-electron chi connectivity index (χ3n) is 2.30. The SMILES string of the molecule is C=C(C)C(NC)c1ccc(Br)c(C)c1. The molecule has 1 N–H and O–H groups in total. The zero-order valence-electron chi connectivity index (χ0n) is 8.89. The lowest BCUT2D eigenvalue weighted by atomic mass is 10.00. The number of aryl methyl sites for hydroxylation is 1. The summed E-state index contributed by atoms with van der Waals surface area (Å²) in [6, 6.07) is 6.63. The predicted octanol–water partition coefficient (Wildman–Crippen LogP) is 3.59. The molecular formula is C12H16BrN. The Labute approximate surface area is 94.3 Å². The van der Waals surface area contributed by atoms with Gasteiger partial charge in [-0.15, -0.1) is 0 Å². The average molecular weight is 254 g/mol. The Morgan fingerprint density at radius 1 is 1.50 bits per heavy atom. The highest BCUT2D eigenvalue weighted by Gasteiger charge is 2.09. The van der Waals surface area contributed by atoms with Crippen LogP contribution in [0.5, 0.6) is 0 Å². The summed E-state index contributed by atoms with van der Waals surface area (Å²) in [5.74, 6) is 0. The first-order chi connectivity index (χ1) is 6.56. The fourth-order valence-electron chi connectivity index (χ4n) is 1.55. The third-order valence-corrected chi connectivity index (χ3v) is 3.19. The minimum Gasteiger partial charge on any atom is -0.310 e. The third kappa shape index (κ3) is 2.46. The average Bonchev–Trinajstić information content (AvgIpc) is 2.11. The van der Waals surface area contributed by atoms with Crippen LogP contribution in [0.25, 0.3) is 0 Å². The molecule has 2 heteroatoms. The number of hydrogen-bond donors (Lipinski definition) is 1. The normalized spacial score (nSPS) is 12.6. The molecule has 0 amide bonds. The first kappa shape index (κ1) is 11.5. The molecule has 1 unspecified atom stereocenters. The molecule has 1 aromatic carbocycles. The highest BCUT2D eigenvalue weighted by atomic mass is 79.9. The first-order valence-electron chi connectivity index (χ1n) is 4.65. The molecule has 0 aromatic heterocycles. The zero-order valence-corrected chi connectivity index (χ0v) is 10.5. The molecule has 1 aromatic rings. The highest BCUT2D eigenvalue weighted by molar-refractivity contribution is 9.10. The summed E-state index contributed by atoms with van der Waals surface area (Å²) >= 11 is 3.49. The van der Waals surface area contributed by atoms with E-state index in [4.69, 9.17) is 0 Å². The molecule has 0 bridgehead atoms. The van der Waals surface area contributed by atoms with Crippen molar-refractivity contribution in [1.29, 1.82) is 0 Å². The lowest BCUT2D eigenvalue weighted by Gasteiger charge is -2.17. The molecule has 0 fully saturated rings. The van der Waals surface area contributed by atoms with Gasteiger partial charge in [0.05, 0.1) is 6.04 Å². The fourth-order valence-corrected chi connectivity index (χ4v) is 1.79. The molecule has 0 saturated carbocycles. The Kier molecular flexibility index (Phi) is 3.90. The Hall–Kier alpha value is -0.600. The van der Waals surface area contributed by atoms with E-state index in [2.05, 4.69) is 52.9 Å².